The van der Waals surface area contributed by atoms with E-state index in [4.69, 9.17) is 14.7 Å². The van der Waals surface area contributed by atoms with E-state index in [2.05, 4.69) is 228 Å². The summed E-state index contributed by atoms with van der Waals surface area (Å²) in [5.74, 6) is 1.75. The van der Waals surface area contributed by atoms with Crippen LogP contribution in [0.25, 0.3) is 47.6 Å². The van der Waals surface area contributed by atoms with Gasteiger partial charge in [-0.25, -0.2) is 9.98 Å². The van der Waals surface area contributed by atoms with E-state index in [0.717, 1.165) is 175 Å². The molecule has 2 aromatic carbocycles. The molecule has 452 valence electrons. The minimum Gasteiger partial charge on any atom is -0.455 e. The fourth-order valence-corrected chi connectivity index (χ4v) is 16.3. The minimum atomic E-state index is -0.477. The molecule has 0 saturated heterocycles. The number of aliphatic imine (C=N–C) groups is 2. The van der Waals surface area contributed by atoms with Gasteiger partial charge in [0, 0.05) is 83.0 Å². The van der Waals surface area contributed by atoms with Gasteiger partial charge >= 0.3 is 0 Å². The number of allylic oxidation sites excluding steroid dienone is 6. The molecule has 2 unspecified atom stereocenters. The SMILES string of the molecule is CCC1=C(C)/C2=C/c3[nH]c(c(C)c3CC)/C(c3cccc4c3Oc3c(/C5=C6/NC(/C=c7\[nH]/c(c(CC)c7C)=C\C7=NC(=C\c8[nH]c5c(C)c8CC)/C(C)=C7CC)C(CC)=C6C)cccc3C4(C)C)=C3\NC(/C=c4\[nH]/c(c(CC)c4C)=C\C1=N2)C(CC)=C3C. The number of hydrogen-bond donors (Lipinski definition) is 6. The lowest BCUT2D eigenvalue weighted by molar-refractivity contribution is 0.415. The van der Waals surface area contributed by atoms with Crippen LogP contribution in [-0.4, -0.2) is 43.4 Å². The van der Waals surface area contributed by atoms with Crippen LogP contribution in [0.1, 0.15) is 212 Å². The van der Waals surface area contributed by atoms with Crippen molar-refractivity contribution in [3.63, 3.8) is 0 Å². The number of aromatic amines is 4. The highest BCUT2D eigenvalue weighted by atomic mass is 16.5. The minimum absolute atomic E-state index is 0.0453. The number of hydrogen-bond acceptors (Lipinski definition) is 5. The van der Waals surface area contributed by atoms with E-state index in [1.807, 2.05) is 0 Å². The number of benzene rings is 2. The van der Waals surface area contributed by atoms with Crippen molar-refractivity contribution in [2.24, 2.45) is 9.98 Å². The van der Waals surface area contributed by atoms with Gasteiger partial charge in [0.15, 0.2) is 0 Å². The zero-order valence-electron chi connectivity index (χ0n) is 55.5. The van der Waals surface area contributed by atoms with Crippen LogP contribution in [0.3, 0.4) is 0 Å². The van der Waals surface area contributed by atoms with E-state index in [-0.39, 0.29) is 12.1 Å². The van der Waals surface area contributed by atoms with Crippen molar-refractivity contribution in [3.05, 3.63) is 215 Å². The van der Waals surface area contributed by atoms with Gasteiger partial charge in [0.2, 0.25) is 0 Å². The van der Waals surface area contributed by atoms with Crippen LogP contribution in [0.15, 0.2) is 114 Å². The van der Waals surface area contributed by atoms with Gasteiger partial charge in [-0.1, -0.05) is 106 Å². The van der Waals surface area contributed by atoms with Gasteiger partial charge in [-0.15, -0.1) is 0 Å². The largest absolute Gasteiger partial charge is 0.455 e. The summed E-state index contributed by atoms with van der Waals surface area (Å²) in [6.45, 7) is 41.4. The third kappa shape index (κ3) is 8.82. The van der Waals surface area contributed by atoms with Crippen LogP contribution in [-0.2, 0) is 31.1 Å². The third-order valence-electron chi connectivity index (χ3n) is 21.4. The van der Waals surface area contributed by atoms with Crippen LogP contribution in [0, 0.1) is 27.7 Å². The lowest BCUT2D eigenvalue weighted by atomic mass is 9.73. The number of H-pyrrole nitrogens is 4. The highest BCUT2D eigenvalue weighted by Crippen LogP contribution is 2.55. The van der Waals surface area contributed by atoms with Crippen molar-refractivity contribution >= 4 is 59.0 Å². The molecule has 0 spiro atoms. The van der Waals surface area contributed by atoms with Crippen LogP contribution in [0.4, 0.5) is 0 Å². The monoisotopic (exact) mass is 1170 g/mol. The molecule has 0 radical (unpaired) electrons. The number of nitrogens with one attached hydrogen (secondary N) is 6. The zero-order chi connectivity index (χ0) is 62.1. The molecule has 88 heavy (non-hydrogen) atoms. The van der Waals surface area contributed by atoms with Crippen LogP contribution < -0.4 is 36.8 Å². The van der Waals surface area contributed by atoms with Gasteiger partial charge < -0.3 is 35.3 Å². The Hall–Kier alpha value is -8.30. The first-order valence-electron chi connectivity index (χ1n) is 33.0. The van der Waals surface area contributed by atoms with Crippen molar-refractivity contribution < 1.29 is 4.74 Å². The predicted octanol–water partition coefficient (Wildman–Crippen LogP) is 15.4. The Morgan fingerprint density at radius 1 is 0.432 bits per heavy atom. The molecule has 0 fully saturated rings. The number of aromatic nitrogens is 4. The highest BCUT2D eigenvalue weighted by Gasteiger charge is 2.41. The van der Waals surface area contributed by atoms with E-state index >= 15 is 0 Å². The molecular formula is C79H90N8O. The molecule has 2 atom stereocenters. The summed E-state index contributed by atoms with van der Waals surface area (Å²) in [4.78, 5) is 27.1. The maximum atomic E-state index is 8.03. The fraction of sp³-hybridized carbons (Fsp3) is 0.367. The Bertz CT molecular complexity index is 4370. The summed E-state index contributed by atoms with van der Waals surface area (Å²) in [6.07, 6.45) is 21.3. The molecule has 0 aliphatic carbocycles. The van der Waals surface area contributed by atoms with E-state index in [1.165, 1.54) is 89.1 Å². The molecule has 9 heteroatoms. The van der Waals surface area contributed by atoms with Crippen LogP contribution >= 0.6 is 0 Å². The van der Waals surface area contributed by atoms with Gasteiger partial charge in [-0.05, 0) is 232 Å². The predicted molar refractivity (Wildman–Crippen MR) is 370 cm³/mol. The number of para-hydroxylation sites is 2. The van der Waals surface area contributed by atoms with E-state index < -0.39 is 5.41 Å². The molecule has 4 aromatic heterocycles. The summed E-state index contributed by atoms with van der Waals surface area (Å²) >= 11 is 0. The molecule has 7 aliphatic rings. The van der Waals surface area contributed by atoms with Gasteiger partial charge in [0.25, 0.3) is 0 Å². The topological polar surface area (TPSA) is 121 Å². The van der Waals surface area contributed by atoms with Crippen molar-refractivity contribution in [2.45, 2.75) is 193 Å². The molecule has 9 nitrogen and oxygen atoms in total. The number of nitrogens with zero attached hydrogens (tertiary/aromatic N) is 2. The van der Waals surface area contributed by atoms with Gasteiger partial charge in [-0.2, -0.15) is 0 Å². The molecule has 16 bridgehead atoms. The fourth-order valence-electron chi connectivity index (χ4n) is 16.3. The summed E-state index contributed by atoms with van der Waals surface area (Å²) in [5.41, 5.74) is 37.5. The highest BCUT2D eigenvalue weighted by molar-refractivity contribution is 6.24. The van der Waals surface area contributed by atoms with E-state index in [0.29, 0.717) is 0 Å². The lowest BCUT2D eigenvalue weighted by Crippen LogP contribution is -2.28. The Morgan fingerprint density at radius 2 is 0.830 bits per heavy atom. The number of ether oxygens (including phenoxy) is 1. The molecule has 13 rings (SSSR count). The molecule has 11 heterocycles. The molecule has 7 aliphatic heterocycles. The summed E-state index contributed by atoms with van der Waals surface area (Å²) in [7, 11) is 0. The maximum absolute atomic E-state index is 8.03. The normalized spacial score (nSPS) is 23.6. The quantitative estimate of drug-likeness (QED) is 0.0819. The number of rotatable bonds is 10. The van der Waals surface area contributed by atoms with Crippen LogP contribution in [0.5, 0.6) is 11.5 Å². The van der Waals surface area contributed by atoms with Crippen molar-refractivity contribution in [1.82, 2.24) is 30.6 Å². The zero-order valence-corrected chi connectivity index (χ0v) is 55.5. The third-order valence-corrected chi connectivity index (χ3v) is 21.4. The second-order valence-corrected chi connectivity index (χ2v) is 26.0. The first kappa shape index (κ1) is 58.7. The number of fused-ring (bicyclic) bond motifs is 16. The van der Waals surface area contributed by atoms with E-state index in [9.17, 15) is 0 Å². The molecular weight excluding hydrogens is 1080 g/mol. The Kier molecular flexibility index (Phi) is 14.7. The Morgan fingerprint density at radius 3 is 1.19 bits per heavy atom. The molecule has 6 N–H and O–H groups in total. The maximum Gasteiger partial charge on any atom is 0.139 e. The lowest BCUT2D eigenvalue weighted by Gasteiger charge is -2.37. The van der Waals surface area contributed by atoms with E-state index in [1.54, 1.807) is 0 Å². The first-order valence-corrected chi connectivity index (χ1v) is 33.0. The van der Waals surface area contributed by atoms with Gasteiger partial charge in [0.1, 0.15) is 11.5 Å². The summed E-state index contributed by atoms with van der Waals surface area (Å²) in [5, 5.41) is 13.1. The first-order chi connectivity index (χ1) is 42.3. The van der Waals surface area contributed by atoms with Crippen molar-refractivity contribution in [1.29, 1.82) is 0 Å². The van der Waals surface area contributed by atoms with Gasteiger partial charge in [0.05, 0.1) is 46.3 Å². The average molecular weight is 1170 g/mol. The summed E-state index contributed by atoms with van der Waals surface area (Å²) < 4.78 is 8.03. The van der Waals surface area contributed by atoms with Gasteiger partial charge in [-0.3, -0.25) is 0 Å². The summed E-state index contributed by atoms with van der Waals surface area (Å²) in [6, 6.07) is 13.7. The molecule has 0 amide bonds. The standard InChI is InChI=1S/C79H90N8O/c1-19-47-39(9)59-33-67-51(23-5)43(13)73(84-67)71(74-44(14)52(24-6)68(85-74)34-60-40(10)48(20-2)64(81-60)37-63(47)80-59)55-29-27-31-57-77(55)88-78-56(30-28-32-58(78)79(57,17)18)72-75-45(15)53(25-7)69(86-75)35-61-41(11)49(21-3)65(82-61)38-66-50(22-4)42(12)62(83-66)36-70-54(26-8)46(16)76(72)87-70/h27-38,67,69,80,82,84-87H,19-26H2,1-18H3/b59-33-,60-34-,61-35-,62-36-,63-37-,65-38-,73-71-,75-72-. The molecule has 6 aromatic rings. The average Bonchev–Trinajstić information content (AvgIpc) is 1.18. The second-order valence-electron chi connectivity index (χ2n) is 26.0. The Balaban J connectivity index is 1.08. The van der Waals surface area contributed by atoms with Crippen molar-refractivity contribution in [3.8, 4) is 11.5 Å². The second kappa shape index (κ2) is 22.1. The molecule has 0 saturated carbocycles. The smallest absolute Gasteiger partial charge is 0.139 e. The van der Waals surface area contributed by atoms with Crippen LogP contribution in [0.2, 0.25) is 0 Å². The van der Waals surface area contributed by atoms with Crippen molar-refractivity contribution in [2.75, 3.05) is 0 Å². The Labute approximate surface area is 521 Å².